The van der Waals surface area contributed by atoms with Crippen LogP contribution in [0.3, 0.4) is 0 Å². The molecule has 0 unspecified atom stereocenters. The van der Waals surface area contributed by atoms with Crippen molar-refractivity contribution in [2.24, 2.45) is 0 Å². The Hall–Kier alpha value is -1.33. The standard InChI is InChI=1S/C13H16ClFN2O2/c1-8(12-3-2-6-19-12)16-13(18)17-11-5-4-9(14)7-10(11)15/h4-5,7-8,12H,2-3,6H2,1H3,(H2,16,17,18)/t8-,12-/m1/s1. The highest BCUT2D eigenvalue weighted by molar-refractivity contribution is 6.30. The molecule has 19 heavy (non-hydrogen) atoms. The summed E-state index contributed by atoms with van der Waals surface area (Å²) in [4.78, 5) is 11.7. The van der Waals surface area contributed by atoms with Crippen molar-refractivity contribution in [1.82, 2.24) is 5.32 Å². The van der Waals surface area contributed by atoms with Crippen LogP contribution in [0.5, 0.6) is 0 Å². The summed E-state index contributed by atoms with van der Waals surface area (Å²) >= 11 is 5.64. The molecule has 1 aliphatic rings. The van der Waals surface area contributed by atoms with E-state index in [-0.39, 0.29) is 22.9 Å². The van der Waals surface area contributed by atoms with Crippen LogP contribution in [0.15, 0.2) is 18.2 Å². The number of urea groups is 1. The lowest BCUT2D eigenvalue weighted by Gasteiger charge is -2.20. The molecule has 1 heterocycles. The van der Waals surface area contributed by atoms with Crippen LogP contribution in [0.25, 0.3) is 0 Å². The van der Waals surface area contributed by atoms with Gasteiger partial charge in [-0.05, 0) is 38.0 Å². The summed E-state index contributed by atoms with van der Waals surface area (Å²) in [6, 6.07) is 3.53. The third kappa shape index (κ3) is 3.81. The fraction of sp³-hybridized carbons (Fsp3) is 0.462. The second kappa shape index (κ2) is 6.21. The number of hydrogen-bond donors (Lipinski definition) is 2. The van der Waals surface area contributed by atoms with E-state index in [4.69, 9.17) is 16.3 Å². The van der Waals surface area contributed by atoms with E-state index in [2.05, 4.69) is 10.6 Å². The van der Waals surface area contributed by atoms with E-state index < -0.39 is 11.8 Å². The van der Waals surface area contributed by atoms with Crippen molar-refractivity contribution in [2.45, 2.75) is 31.9 Å². The molecule has 0 aliphatic carbocycles. The second-order valence-electron chi connectivity index (χ2n) is 4.56. The lowest BCUT2D eigenvalue weighted by Crippen LogP contribution is -2.43. The first-order chi connectivity index (χ1) is 9.06. The van der Waals surface area contributed by atoms with Gasteiger partial charge in [-0.2, -0.15) is 0 Å². The molecule has 1 fully saturated rings. The van der Waals surface area contributed by atoms with Gasteiger partial charge in [-0.3, -0.25) is 0 Å². The normalized spacial score (nSPS) is 20.1. The zero-order valence-corrected chi connectivity index (χ0v) is 11.3. The molecular weight excluding hydrogens is 271 g/mol. The molecule has 0 bridgehead atoms. The minimum absolute atomic E-state index is 0.0285. The molecule has 2 rings (SSSR count). The van der Waals surface area contributed by atoms with Crippen LogP contribution in [-0.4, -0.2) is 24.8 Å². The lowest BCUT2D eigenvalue weighted by atomic mass is 10.1. The van der Waals surface area contributed by atoms with E-state index in [1.54, 1.807) is 0 Å². The van der Waals surface area contributed by atoms with E-state index in [1.807, 2.05) is 6.92 Å². The molecule has 0 saturated carbocycles. The van der Waals surface area contributed by atoms with Crippen molar-refractivity contribution in [2.75, 3.05) is 11.9 Å². The monoisotopic (exact) mass is 286 g/mol. The minimum Gasteiger partial charge on any atom is -0.376 e. The van der Waals surface area contributed by atoms with E-state index in [9.17, 15) is 9.18 Å². The topological polar surface area (TPSA) is 50.4 Å². The van der Waals surface area contributed by atoms with Crippen molar-refractivity contribution in [1.29, 1.82) is 0 Å². The molecule has 1 aromatic rings. The highest BCUT2D eigenvalue weighted by Crippen LogP contribution is 2.19. The number of anilines is 1. The van der Waals surface area contributed by atoms with E-state index in [1.165, 1.54) is 12.1 Å². The van der Waals surface area contributed by atoms with Gasteiger partial charge in [-0.15, -0.1) is 0 Å². The van der Waals surface area contributed by atoms with E-state index in [0.29, 0.717) is 0 Å². The predicted octanol–water partition coefficient (Wildman–Crippen LogP) is 3.17. The maximum absolute atomic E-state index is 13.5. The minimum atomic E-state index is -0.563. The number of nitrogens with one attached hydrogen (secondary N) is 2. The zero-order chi connectivity index (χ0) is 13.8. The van der Waals surface area contributed by atoms with Gasteiger partial charge in [0.25, 0.3) is 0 Å². The molecule has 104 valence electrons. The van der Waals surface area contributed by atoms with Gasteiger partial charge in [0.05, 0.1) is 17.8 Å². The second-order valence-corrected chi connectivity index (χ2v) is 5.00. The number of carbonyl (C=O) groups excluding carboxylic acids is 1. The highest BCUT2D eigenvalue weighted by atomic mass is 35.5. The molecule has 6 heteroatoms. The van der Waals surface area contributed by atoms with Crippen molar-refractivity contribution in [3.8, 4) is 0 Å². The van der Waals surface area contributed by atoms with Gasteiger partial charge < -0.3 is 15.4 Å². The molecule has 4 nitrogen and oxygen atoms in total. The van der Waals surface area contributed by atoms with Crippen LogP contribution in [-0.2, 0) is 4.74 Å². The Bertz CT molecular complexity index is 464. The van der Waals surface area contributed by atoms with Gasteiger partial charge in [-0.1, -0.05) is 11.6 Å². The van der Waals surface area contributed by atoms with Crippen molar-refractivity contribution < 1.29 is 13.9 Å². The summed E-state index contributed by atoms with van der Waals surface area (Å²) in [5.41, 5.74) is 0.0986. The van der Waals surface area contributed by atoms with Gasteiger partial charge in [-0.25, -0.2) is 9.18 Å². The SMILES string of the molecule is C[C@@H](NC(=O)Nc1ccc(Cl)cc1F)[C@H]1CCCO1. The number of hydrogen-bond acceptors (Lipinski definition) is 2. The van der Waals surface area contributed by atoms with Crippen molar-refractivity contribution in [3.63, 3.8) is 0 Å². The molecule has 0 radical (unpaired) electrons. The molecule has 0 spiro atoms. The quantitative estimate of drug-likeness (QED) is 0.897. The van der Waals surface area contributed by atoms with Crippen LogP contribution in [0.2, 0.25) is 5.02 Å². The van der Waals surface area contributed by atoms with E-state index >= 15 is 0 Å². The number of halogens is 2. The van der Waals surface area contributed by atoms with Gasteiger partial charge in [0.15, 0.2) is 0 Å². The Labute approximate surface area is 116 Å². The first-order valence-electron chi connectivity index (χ1n) is 6.20. The Morgan fingerprint density at radius 1 is 1.58 bits per heavy atom. The number of ether oxygens (including phenoxy) is 1. The first kappa shape index (κ1) is 14.1. The first-order valence-corrected chi connectivity index (χ1v) is 6.58. The molecule has 2 N–H and O–H groups in total. The number of carbonyl (C=O) groups is 1. The summed E-state index contributed by atoms with van der Waals surface area (Å²) in [5, 5.41) is 5.48. The van der Waals surface area contributed by atoms with Crippen LogP contribution >= 0.6 is 11.6 Å². The summed E-state index contributed by atoms with van der Waals surface area (Å²) < 4.78 is 19.0. The number of amides is 2. The van der Waals surface area contributed by atoms with Gasteiger partial charge in [0.1, 0.15) is 5.82 Å². The average Bonchev–Trinajstić information content (AvgIpc) is 2.86. The fourth-order valence-corrected chi connectivity index (χ4v) is 2.20. The summed E-state index contributed by atoms with van der Waals surface area (Å²) in [6.07, 6.45) is 1.96. The van der Waals surface area contributed by atoms with Gasteiger partial charge >= 0.3 is 6.03 Å². The maximum Gasteiger partial charge on any atom is 0.319 e. The zero-order valence-electron chi connectivity index (χ0n) is 10.6. The van der Waals surface area contributed by atoms with Crippen LogP contribution in [0.1, 0.15) is 19.8 Å². The lowest BCUT2D eigenvalue weighted by molar-refractivity contribution is 0.0868. The highest BCUT2D eigenvalue weighted by Gasteiger charge is 2.23. The molecular formula is C13H16ClFN2O2. The van der Waals surface area contributed by atoms with E-state index in [0.717, 1.165) is 25.5 Å². The van der Waals surface area contributed by atoms with Gasteiger partial charge in [0, 0.05) is 11.6 Å². The molecule has 2 atom stereocenters. The maximum atomic E-state index is 13.5. The Kier molecular flexibility index (Phi) is 4.61. The van der Waals surface area contributed by atoms with Crippen LogP contribution < -0.4 is 10.6 Å². The number of benzene rings is 1. The third-order valence-corrected chi connectivity index (χ3v) is 3.30. The average molecular weight is 287 g/mol. The molecule has 1 aromatic carbocycles. The van der Waals surface area contributed by atoms with Crippen LogP contribution in [0, 0.1) is 5.82 Å². The number of rotatable bonds is 3. The van der Waals surface area contributed by atoms with Crippen molar-refractivity contribution in [3.05, 3.63) is 29.0 Å². The van der Waals surface area contributed by atoms with Crippen molar-refractivity contribution >= 4 is 23.3 Å². The predicted molar refractivity (Wildman–Crippen MR) is 72.0 cm³/mol. The molecule has 1 aliphatic heterocycles. The Morgan fingerprint density at radius 2 is 2.37 bits per heavy atom. The third-order valence-electron chi connectivity index (χ3n) is 3.06. The molecule has 2 amide bonds. The van der Waals surface area contributed by atoms with Gasteiger partial charge in [0.2, 0.25) is 0 Å². The Morgan fingerprint density at radius 3 is 3.00 bits per heavy atom. The van der Waals surface area contributed by atoms with Crippen LogP contribution in [0.4, 0.5) is 14.9 Å². The smallest absolute Gasteiger partial charge is 0.319 e. The molecule has 0 aromatic heterocycles. The summed E-state index contributed by atoms with van der Waals surface area (Å²) in [5.74, 6) is -0.563. The Balaban J connectivity index is 1.89. The summed E-state index contributed by atoms with van der Waals surface area (Å²) in [7, 11) is 0. The fourth-order valence-electron chi connectivity index (χ4n) is 2.05. The summed E-state index contributed by atoms with van der Waals surface area (Å²) in [6.45, 7) is 2.60. The largest absolute Gasteiger partial charge is 0.376 e. The molecule has 1 saturated heterocycles.